The second-order valence-electron chi connectivity index (χ2n) is 4.11. The molecule has 102 valence electrons. The molecule has 2 aromatic carbocycles. The standard InChI is InChI=1S/C14H10ClNO3S/c1-10-2-7-14(13(15)8-10)20(17,18)19-12-5-3-11(9-16)4-6-12/h2-8H,1H3. The molecule has 0 aromatic heterocycles. The monoisotopic (exact) mass is 307 g/mol. The first kappa shape index (κ1) is 14.4. The topological polar surface area (TPSA) is 67.2 Å². The molecule has 0 bridgehead atoms. The van der Waals surface area contributed by atoms with Crippen molar-refractivity contribution < 1.29 is 12.6 Å². The van der Waals surface area contributed by atoms with Crippen molar-refractivity contribution >= 4 is 21.7 Å². The Hall–Kier alpha value is -2.03. The lowest BCUT2D eigenvalue weighted by Gasteiger charge is -2.08. The van der Waals surface area contributed by atoms with E-state index in [9.17, 15) is 8.42 Å². The Kier molecular flexibility index (Phi) is 3.98. The van der Waals surface area contributed by atoms with Gasteiger partial charge in [0.15, 0.2) is 0 Å². The number of nitriles is 1. The van der Waals surface area contributed by atoms with Crippen molar-refractivity contribution in [2.45, 2.75) is 11.8 Å². The highest BCUT2D eigenvalue weighted by atomic mass is 35.5. The third-order valence-electron chi connectivity index (χ3n) is 2.55. The summed E-state index contributed by atoms with van der Waals surface area (Å²) in [5.74, 6) is 0.126. The molecule has 0 saturated heterocycles. The molecule has 0 N–H and O–H groups in total. The lowest BCUT2D eigenvalue weighted by Crippen LogP contribution is -2.10. The van der Waals surface area contributed by atoms with Crippen molar-refractivity contribution in [2.24, 2.45) is 0 Å². The molecule has 0 aliphatic rings. The largest absolute Gasteiger partial charge is 0.379 e. The van der Waals surface area contributed by atoms with Gasteiger partial charge >= 0.3 is 10.1 Å². The van der Waals surface area contributed by atoms with Gasteiger partial charge in [0.1, 0.15) is 10.6 Å². The van der Waals surface area contributed by atoms with E-state index < -0.39 is 10.1 Å². The van der Waals surface area contributed by atoms with E-state index >= 15 is 0 Å². The molecule has 0 saturated carbocycles. The zero-order valence-electron chi connectivity index (χ0n) is 10.5. The van der Waals surface area contributed by atoms with E-state index in [-0.39, 0.29) is 15.7 Å². The van der Waals surface area contributed by atoms with Crippen LogP contribution in [-0.4, -0.2) is 8.42 Å². The molecule has 0 spiro atoms. The van der Waals surface area contributed by atoms with E-state index in [0.29, 0.717) is 5.56 Å². The van der Waals surface area contributed by atoms with E-state index in [1.807, 2.05) is 13.0 Å². The number of rotatable bonds is 3. The van der Waals surface area contributed by atoms with Crippen LogP contribution in [0, 0.1) is 18.3 Å². The Morgan fingerprint density at radius 1 is 1.15 bits per heavy atom. The summed E-state index contributed by atoms with van der Waals surface area (Å²) in [6.45, 7) is 1.81. The second-order valence-corrected chi connectivity index (χ2v) is 6.03. The SMILES string of the molecule is Cc1ccc(S(=O)(=O)Oc2ccc(C#N)cc2)c(Cl)c1. The van der Waals surface area contributed by atoms with E-state index in [1.165, 1.54) is 30.3 Å². The summed E-state index contributed by atoms with van der Waals surface area (Å²) in [6.07, 6.45) is 0. The molecular weight excluding hydrogens is 298 g/mol. The summed E-state index contributed by atoms with van der Waals surface area (Å²) in [5.41, 5.74) is 1.27. The van der Waals surface area contributed by atoms with Crippen LogP contribution in [0.5, 0.6) is 5.75 Å². The van der Waals surface area contributed by atoms with Crippen LogP contribution in [0.15, 0.2) is 47.4 Å². The van der Waals surface area contributed by atoms with Crippen molar-refractivity contribution in [1.29, 1.82) is 5.26 Å². The van der Waals surface area contributed by atoms with Gasteiger partial charge in [-0.15, -0.1) is 0 Å². The van der Waals surface area contributed by atoms with Gasteiger partial charge in [-0.25, -0.2) is 0 Å². The van der Waals surface area contributed by atoms with E-state index in [0.717, 1.165) is 5.56 Å². The highest BCUT2D eigenvalue weighted by Crippen LogP contribution is 2.26. The van der Waals surface area contributed by atoms with Crippen molar-refractivity contribution in [2.75, 3.05) is 0 Å². The van der Waals surface area contributed by atoms with Gasteiger partial charge in [0.2, 0.25) is 0 Å². The summed E-state index contributed by atoms with van der Waals surface area (Å²) >= 11 is 5.93. The van der Waals surface area contributed by atoms with Crippen molar-refractivity contribution in [3.63, 3.8) is 0 Å². The van der Waals surface area contributed by atoms with Gasteiger partial charge in [0.25, 0.3) is 0 Å². The van der Waals surface area contributed by atoms with E-state index in [2.05, 4.69) is 0 Å². The Labute approximate surface area is 122 Å². The summed E-state index contributed by atoms with van der Waals surface area (Å²) in [6, 6.07) is 12.3. The Morgan fingerprint density at radius 2 is 1.80 bits per heavy atom. The second kappa shape index (κ2) is 5.53. The zero-order chi connectivity index (χ0) is 14.8. The summed E-state index contributed by atoms with van der Waals surface area (Å²) in [5, 5.41) is 8.78. The average Bonchev–Trinajstić information content (AvgIpc) is 2.38. The molecule has 6 heteroatoms. The summed E-state index contributed by atoms with van der Waals surface area (Å²) < 4.78 is 29.2. The van der Waals surface area contributed by atoms with Crippen molar-refractivity contribution in [3.8, 4) is 11.8 Å². The molecule has 0 aliphatic carbocycles. The van der Waals surface area contributed by atoms with Gasteiger partial charge in [-0.2, -0.15) is 13.7 Å². The lowest BCUT2D eigenvalue weighted by atomic mass is 10.2. The Bertz CT molecular complexity index is 777. The molecule has 0 heterocycles. The number of halogens is 1. The van der Waals surface area contributed by atoms with Crippen LogP contribution >= 0.6 is 11.6 Å². The number of hydrogen-bond donors (Lipinski definition) is 0. The molecule has 20 heavy (non-hydrogen) atoms. The van der Waals surface area contributed by atoms with Crippen LogP contribution in [0.3, 0.4) is 0 Å². The van der Waals surface area contributed by atoms with Crippen LogP contribution in [0.2, 0.25) is 5.02 Å². The zero-order valence-corrected chi connectivity index (χ0v) is 12.1. The highest BCUT2D eigenvalue weighted by molar-refractivity contribution is 7.87. The van der Waals surface area contributed by atoms with Gasteiger partial charge in [-0.1, -0.05) is 17.7 Å². The molecular formula is C14H10ClNO3S. The minimum absolute atomic E-state index is 0.0888. The Morgan fingerprint density at radius 3 is 2.35 bits per heavy atom. The number of nitrogens with zero attached hydrogens (tertiary/aromatic N) is 1. The molecule has 0 fully saturated rings. The van der Waals surface area contributed by atoms with Gasteiger partial charge < -0.3 is 4.18 Å². The van der Waals surface area contributed by atoms with Crippen LogP contribution in [-0.2, 0) is 10.1 Å². The van der Waals surface area contributed by atoms with Gasteiger partial charge in [0.05, 0.1) is 16.7 Å². The van der Waals surface area contributed by atoms with Gasteiger partial charge in [-0.05, 0) is 48.9 Å². The number of aryl methyl sites for hydroxylation is 1. The minimum atomic E-state index is -4.00. The van der Waals surface area contributed by atoms with Crippen molar-refractivity contribution in [3.05, 3.63) is 58.6 Å². The first-order valence-corrected chi connectivity index (χ1v) is 7.42. The molecule has 2 rings (SSSR count). The maximum Gasteiger partial charge on any atom is 0.340 e. The average molecular weight is 308 g/mol. The van der Waals surface area contributed by atoms with Gasteiger partial charge in [-0.3, -0.25) is 0 Å². The number of benzene rings is 2. The molecule has 4 nitrogen and oxygen atoms in total. The summed E-state index contributed by atoms with van der Waals surface area (Å²) in [4.78, 5) is -0.0888. The highest BCUT2D eigenvalue weighted by Gasteiger charge is 2.20. The fourth-order valence-corrected chi connectivity index (χ4v) is 3.07. The van der Waals surface area contributed by atoms with Crippen LogP contribution in [0.4, 0.5) is 0 Å². The van der Waals surface area contributed by atoms with E-state index in [4.69, 9.17) is 21.0 Å². The predicted octanol–water partition coefficient (Wildman–Crippen LogP) is 3.29. The third-order valence-corrected chi connectivity index (χ3v) is 4.28. The maximum absolute atomic E-state index is 12.1. The molecule has 0 radical (unpaired) electrons. The summed E-state index contributed by atoms with van der Waals surface area (Å²) in [7, 11) is -4.00. The normalized spacial score (nSPS) is 10.8. The number of hydrogen-bond acceptors (Lipinski definition) is 4. The fourth-order valence-electron chi connectivity index (χ4n) is 1.57. The van der Waals surface area contributed by atoms with Crippen LogP contribution in [0.1, 0.15) is 11.1 Å². The predicted molar refractivity (Wildman–Crippen MR) is 75.2 cm³/mol. The third kappa shape index (κ3) is 3.10. The van der Waals surface area contributed by atoms with Crippen LogP contribution in [0.25, 0.3) is 0 Å². The first-order valence-electron chi connectivity index (χ1n) is 5.63. The van der Waals surface area contributed by atoms with Gasteiger partial charge in [0, 0.05) is 0 Å². The smallest absolute Gasteiger partial charge is 0.340 e. The van der Waals surface area contributed by atoms with Crippen molar-refractivity contribution in [1.82, 2.24) is 0 Å². The molecule has 0 amide bonds. The molecule has 2 aromatic rings. The first-order chi connectivity index (χ1) is 9.42. The van der Waals surface area contributed by atoms with E-state index in [1.54, 1.807) is 12.1 Å². The maximum atomic E-state index is 12.1. The minimum Gasteiger partial charge on any atom is -0.379 e. The molecule has 0 unspecified atom stereocenters. The lowest BCUT2D eigenvalue weighted by molar-refractivity contribution is 0.486. The quantitative estimate of drug-likeness (QED) is 0.816. The molecule has 0 atom stereocenters. The fraction of sp³-hybridized carbons (Fsp3) is 0.0714. The molecule has 0 aliphatic heterocycles. The Balaban J connectivity index is 2.33. The van der Waals surface area contributed by atoms with Crippen LogP contribution < -0.4 is 4.18 Å².